The van der Waals surface area contributed by atoms with Crippen molar-refractivity contribution in [2.75, 3.05) is 51.3 Å². The molecule has 5 aliphatic heterocycles. The monoisotopic (exact) mass is 1150 g/mol. The minimum atomic E-state index is -1.45. The topological polar surface area (TPSA) is 432 Å². The second-order valence-electron chi connectivity index (χ2n) is 21.5. The van der Waals surface area contributed by atoms with E-state index in [0.717, 1.165) is 0 Å². The molecule has 5 heterocycles. The number of likely N-dealkylation sites (tertiary alicyclic amines) is 5. The van der Waals surface area contributed by atoms with Crippen molar-refractivity contribution in [2.24, 2.45) is 39.6 Å². The molecule has 0 bridgehead atoms. The van der Waals surface area contributed by atoms with Gasteiger partial charge in [0.25, 0.3) is 0 Å². The summed E-state index contributed by atoms with van der Waals surface area (Å²) in [5.41, 5.74) is 27.9. The SMILES string of the molecule is CSCC[C@H](NC(=O)[C@@H]1CCCN1C(=O)[C@H](CCCN=C(N)N)NC(=O)[C@H](CCC(N)=O)NC(=O)[C@@H]1CCCN1C(=O)[C@@H]1CCCN1C(=O)[C@@H](NC(=O)[C@@H]1CCCN1C(=O)[C@@H]1CCCN1C(=O)[C@@H](N)CCC(N)=O)C(C)C)C(=O)O. The number of primary amides is 2. The van der Waals surface area contributed by atoms with Gasteiger partial charge in [-0.3, -0.25) is 57.7 Å². The third-order valence-corrected chi connectivity index (χ3v) is 16.1. The van der Waals surface area contributed by atoms with E-state index in [0.29, 0.717) is 50.7 Å². The van der Waals surface area contributed by atoms with Crippen LogP contribution in [0.1, 0.15) is 123 Å². The fourth-order valence-electron chi connectivity index (χ4n) is 11.3. The molecule has 5 aliphatic rings. The Kier molecular flexibility index (Phi) is 24.1. The molecule has 11 amide bonds. The van der Waals surface area contributed by atoms with Crippen LogP contribution in [0.3, 0.4) is 0 Å². The summed E-state index contributed by atoms with van der Waals surface area (Å²) in [4.78, 5) is 173. The van der Waals surface area contributed by atoms with Crippen molar-refractivity contribution in [3.8, 4) is 0 Å². The van der Waals surface area contributed by atoms with Crippen LogP contribution in [0.15, 0.2) is 4.99 Å². The number of nitrogens with one attached hydrogen (secondary N) is 4. The Morgan fingerprint density at radius 3 is 1.45 bits per heavy atom. The first-order valence-corrected chi connectivity index (χ1v) is 29.2. The number of aliphatic imine (C=N–C) groups is 1. The van der Waals surface area contributed by atoms with E-state index in [9.17, 15) is 62.6 Å². The zero-order valence-electron chi connectivity index (χ0n) is 46.1. The summed E-state index contributed by atoms with van der Waals surface area (Å²) in [5, 5.41) is 20.5. The number of carbonyl (C=O) groups excluding carboxylic acids is 11. The molecule has 29 heteroatoms. The molecule has 0 aliphatic carbocycles. The molecule has 0 unspecified atom stereocenters. The van der Waals surface area contributed by atoms with Crippen molar-refractivity contribution in [2.45, 2.75) is 183 Å². The van der Waals surface area contributed by atoms with E-state index in [-0.39, 0.29) is 109 Å². The molecule has 0 aromatic heterocycles. The maximum Gasteiger partial charge on any atom is 0.326 e. The van der Waals surface area contributed by atoms with Crippen LogP contribution in [0.5, 0.6) is 0 Å². The number of nitrogens with zero attached hydrogens (tertiary/aromatic N) is 6. The summed E-state index contributed by atoms with van der Waals surface area (Å²) < 4.78 is 0. The van der Waals surface area contributed by atoms with Crippen LogP contribution in [-0.2, 0) is 57.5 Å². The predicted molar refractivity (Wildman–Crippen MR) is 292 cm³/mol. The number of nitrogens with two attached hydrogens (primary N) is 5. The number of amides is 11. The zero-order chi connectivity index (χ0) is 59.0. The lowest BCUT2D eigenvalue weighted by Crippen LogP contribution is -2.60. The molecule has 5 rings (SSSR count). The highest BCUT2D eigenvalue weighted by Crippen LogP contribution is 2.29. The highest BCUT2D eigenvalue weighted by Gasteiger charge is 2.47. The van der Waals surface area contributed by atoms with Gasteiger partial charge in [0.2, 0.25) is 65.0 Å². The molecule has 0 spiro atoms. The molecule has 446 valence electrons. The summed E-state index contributed by atoms with van der Waals surface area (Å²) >= 11 is 1.41. The average molecular weight is 1150 g/mol. The van der Waals surface area contributed by atoms with Gasteiger partial charge in [0.1, 0.15) is 54.4 Å². The van der Waals surface area contributed by atoms with Crippen molar-refractivity contribution >= 4 is 88.7 Å². The Morgan fingerprint density at radius 2 is 0.975 bits per heavy atom. The van der Waals surface area contributed by atoms with Crippen LogP contribution < -0.4 is 49.9 Å². The van der Waals surface area contributed by atoms with E-state index in [4.69, 9.17) is 28.7 Å². The number of guanidine groups is 1. The molecule has 80 heavy (non-hydrogen) atoms. The Hall–Kier alpha value is -6.78. The maximum absolute atomic E-state index is 14.6. The Morgan fingerprint density at radius 1 is 0.537 bits per heavy atom. The van der Waals surface area contributed by atoms with Gasteiger partial charge in [0, 0.05) is 52.1 Å². The van der Waals surface area contributed by atoms with Crippen molar-refractivity contribution in [3.63, 3.8) is 0 Å². The lowest BCUT2D eigenvalue weighted by Gasteiger charge is -2.35. The zero-order valence-corrected chi connectivity index (χ0v) is 47.0. The molecule has 0 saturated carbocycles. The Balaban J connectivity index is 1.27. The van der Waals surface area contributed by atoms with E-state index < -0.39 is 137 Å². The summed E-state index contributed by atoms with van der Waals surface area (Å²) in [7, 11) is 0. The van der Waals surface area contributed by atoms with Gasteiger partial charge >= 0.3 is 5.97 Å². The molecular formula is C51H83N15O13S. The number of hydrogen-bond acceptors (Lipinski definition) is 15. The fourth-order valence-corrected chi connectivity index (χ4v) is 11.7. The molecule has 0 aromatic rings. The van der Waals surface area contributed by atoms with Gasteiger partial charge in [0.05, 0.1) is 6.04 Å². The van der Waals surface area contributed by atoms with E-state index in [2.05, 4.69) is 26.3 Å². The first-order chi connectivity index (χ1) is 38.0. The second kappa shape index (κ2) is 30.2. The molecule has 0 aromatic carbocycles. The van der Waals surface area contributed by atoms with Gasteiger partial charge < -0.3 is 79.5 Å². The first-order valence-electron chi connectivity index (χ1n) is 27.8. The highest BCUT2D eigenvalue weighted by atomic mass is 32.2. The largest absolute Gasteiger partial charge is 0.480 e. The number of thioether (sulfide) groups is 1. The molecule has 15 N–H and O–H groups in total. The molecule has 0 radical (unpaired) electrons. The predicted octanol–water partition coefficient (Wildman–Crippen LogP) is -3.71. The van der Waals surface area contributed by atoms with Crippen LogP contribution in [-0.4, -0.2) is 218 Å². The third-order valence-electron chi connectivity index (χ3n) is 15.5. The van der Waals surface area contributed by atoms with E-state index in [1.165, 1.54) is 36.3 Å². The molecular weight excluding hydrogens is 1060 g/mol. The van der Waals surface area contributed by atoms with Gasteiger partial charge in [-0.05, 0) is 114 Å². The second-order valence-corrected chi connectivity index (χ2v) is 22.5. The Bertz CT molecular complexity index is 2340. The summed E-state index contributed by atoms with van der Waals surface area (Å²) in [6, 6.07) is -11.1. The van der Waals surface area contributed by atoms with Crippen LogP contribution in [0.2, 0.25) is 0 Å². The van der Waals surface area contributed by atoms with Crippen molar-refractivity contribution in [1.82, 2.24) is 45.8 Å². The summed E-state index contributed by atoms with van der Waals surface area (Å²) in [5.74, 6) is -8.29. The average Bonchev–Trinajstić information content (AvgIpc) is 4.29. The van der Waals surface area contributed by atoms with E-state index >= 15 is 0 Å². The highest BCUT2D eigenvalue weighted by molar-refractivity contribution is 7.98. The molecule has 5 fully saturated rings. The lowest BCUT2D eigenvalue weighted by atomic mass is 10.0. The number of carboxylic acid groups (broad SMARTS) is 1. The van der Waals surface area contributed by atoms with Crippen molar-refractivity contribution in [1.29, 1.82) is 0 Å². The number of rotatable bonds is 28. The number of carboxylic acids is 1. The molecule has 5 saturated heterocycles. The van der Waals surface area contributed by atoms with Gasteiger partial charge in [-0.15, -0.1) is 0 Å². The van der Waals surface area contributed by atoms with Gasteiger partial charge in [0.15, 0.2) is 5.96 Å². The fraction of sp³-hybridized carbons (Fsp3) is 0.745. The maximum atomic E-state index is 14.6. The Labute approximate surface area is 469 Å². The summed E-state index contributed by atoms with van der Waals surface area (Å²) in [6.45, 7) is 4.49. The van der Waals surface area contributed by atoms with E-state index in [1.807, 2.05) is 0 Å². The minimum Gasteiger partial charge on any atom is -0.480 e. The van der Waals surface area contributed by atoms with E-state index in [1.54, 1.807) is 20.1 Å². The quantitative estimate of drug-likeness (QED) is 0.0205. The van der Waals surface area contributed by atoms with Gasteiger partial charge in [-0.2, -0.15) is 11.8 Å². The first kappa shape index (κ1) is 64.0. The van der Waals surface area contributed by atoms with Crippen molar-refractivity contribution in [3.05, 3.63) is 0 Å². The normalized spacial score (nSPS) is 22.7. The van der Waals surface area contributed by atoms with Crippen molar-refractivity contribution < 1.29 is 62.6 Å². The van der Waals surface area contributed by atoms with Crippen LogP contribution >= 0.6 is 11.8 Å². The number of aliphatic carboxylic acids is 1. The molecule has 28 nitrogen and oxygen atoms in total. The van der Waals surface area contributed by atoms with Gasteiger partial charge in [-0.1, -0.05) is 13.8 Å². The smallest absolute Gasteiger partial charge is 0.326 e. The van der Waals surface area contributed by atoms with Crippen LogP contribution in [0.25, 0.3) is 0 Å². The third kappa shape index (κ3) is 16.9. The van der Waals surface area contributed by atoms with Gasteiger partial charge in [-0.25, -0.2) is 4.79 Å². The number of hydrogen-bond donors (Lipinski definition) is 10. The standard InChI is InChI=1S/C51H83N15O13S/c1-28(2)40(61-44(72)35-13-7-24-64(35)47(75)36-14-8-25-65(36)45(73)29(52)16-18-38(53)67)49(77)66-26-9-15-37(66)48(76)63-23-6-12-34(63)42(70)58-30(17-19-39(54)68)41(69)59-31(10-4-21-57-51(55)56)46(74)62-22-5-11-33(62)43(71)60-32(50(78)79)20-27-80-3/h28-37,40H,4-27,52H2,1-3H3,(H2,53,67)(H2,54,68)(H,58,70)(H,59,69)(H,60,71)(H,61,72)(H,78,79)(H4,55,56,57)/t29-,30-,31-,32-,33-,34-,35-,36-,37-,40-/m0/s1. The molecule has 10 atom stereocenters. The summed E-state index contributed by atoms with van der Waals surface area (Å²) in [6.07, 6.45) is 4.95. The lowest BCUT2D eigenvalue weighted by molar-refractivity contribution is -0.150. The van der Waals surface area contributed by atoms with Crippen LogP contribution in [0.4, 0.5) is 0 Å². The number of carbonyl (C=O) groups is 12. The minimum absolute atomic E-state index is 0.0208. The van der Waals surface area contributed by atoms with Crippen LogP contribution in [0, 0.1) is 5.92 Å².